The monoisotopic (exact) mass is 728 g/mol. The molecule has 1 fully saturated rings. The summed E-state index contributed by atoms with van der Waals surface area (Å²) in [6.45, 7) is -2.59. The summed E-state index contributed by atoms with van der Waals surface area (Å²) < 4.78 is 15.5. The van der Waals surface area contributed by atoms with E-state index in [1.54, 1.807) is 0 Å². The van der Waals surface area contributed by atoms with E-state index in [0.29, 0.717) is 0 Å². The Kier molecular flexibility index (Phi) is 12.6. The molecule has 1 aliphatic heterocycles. The summed E-state index contributed by atoms with van der Waals surface area (Å²) in [7, 11) is 0. The molecule has 12 N–H and O–H groups in total. The molecular weight excluding hydrogens is 698 g/mol. The van der Waals surface area contributed by atoms with E-state index in [-0.39, 0.29) is 17.1 Å². The number of phenols is 6. The summed E-state index contributed by atoms with van der Waals surface area (Å²) in [5, 5.41) is 61.8. The minimum atomic E-state index is -1.68. The minimum Gasteiger partial charge on any atom is -0.504 e. The van der Waals surface area contributed by atoms with Gasteiger partial charge in [0, 0.05) is 17.1 Å². The van der Waals surface area contributed by atoms with Crippen LogP contribution in [0.1, 0.15) is 31.1 Å². The average molecular weight is 728 g/mol. The third-order valence-electron chi connectivity index (χ3n) is 7.02. The van der Waals surface area contributed by atoms with E-state index in [4.69, 9.17) is 14.2 Å². The standard InChI is InChI=1S/C30H27N3O15.Fe/c34-19-7-1-4-13(22(19)37)25(40)31-16-10-46-29(44)18(33-27(42)15-6-3-9-21(36)24(15)39)12-48-30(45)17(11-47-28(16)43)32-26(41)14-5-2-8-20(35)23(14)38;/h1-9,16-18,34-39H,10-12H2,(H,31,40)(H,32,41)(H,33,42);/p+3/t16-,17-,18-;/m0./s1. The number of ether oxygens (including phenoxy) is 3. The maximum Gasteiger partial charge on any atom is 0.369 e. The van der Waals surface area contributed by atoms with E-state index in [2.05, 4.69) is 0 Å². The van der Waals surface area contributed by atoms with E-state index in [1.165, 1.54) is 18.2 Å². The number of carbonyl (C=O) groups excluding carboxylic acids is 6. The Labute approximate surface area is 285 Å². The van der Waals surface area contributed by atoms with Crippen LogP contribution in [0.5, 0.6) is 34.5 Å². The van der Waals surface area contributed by atoms with Gasteiger partial charge in [-0.15, -0.1) is 0 Å². The van der Waals surface area contributed by atoms with E-state index < -0.39 is 125 Å². The van der Waals surface area contributed by atoms with Crippen LogP contribution in [0.25, 0.3) is 0 Å². The number of aromatic hydroxyl groups is 6. The molecule has 49 heavy (non-hydrogen) atoms. The molecule has 1 heterocycles. The molecule has 0 spiro atoms. The predicted octanol–water partition coefficient (Wildman–Crippen LogP) is -3.82. The van der Waals surface area contributed by atoms with Crippen LogP contribution in [-0.2, 0) is 45.7 Å². The van der Waals surface area contributed by atoms with Gasteiger partial charge in [-0.3, -0.25) is 16.0 Å². The van der Waals surface area contributed by atoms with Crippen LogP contribution in [-0.4, -0.2) is 104 Å². The number of para-hydroxylation sites is 3. The fourth-order valence-electron chi connectivity index (χ4n) is 4.40. The van der Waals surface area contributed by atoms with Crippen molar-refractivity contribution in [1.29, 1.82) is 0 Å². The minimum absolute atomic E-state index is 0. The number of phenolic OH excluding ortho intramolecular Hbond substituents is 3. The second-order valence-corrected chi connectivity index (χ2v) is 10.3. The fraction of sp³-hybridized carbons (Fsp3) is 0.200. The Hall–Kier alpha value is -5.72. The van der Waals surface area contributed by atoms with Gasteiger partial charge in [0.1, 0.15) is 16.7 Å². The van der Waals surface area contributed by atoms with Crippen LogP contribution >= 0.6 is 0 Å². The van der Waals surface area contributed by atoms with E-state index in [0.717, 1.165) is 52.3 Å². The van der Waals surface area contributed by atoms with Gasteiger partial charge >= 0.3 is 35.6 Å². The summed E-state index contributed by atoms with van der Waals surface area (Å²) >= 11 is 0. The molecule has 0 aromatic heterocycles. The van der Waals surface area contributed by atoms with Gasteiger partial charge in [-0.05, 0) is 36.4 Å². The molecule has 3 amide bonds. The maximum atomic E-state index is 13.1. The molecule has 1 aliphatic rings. The fourth-order valence-corrected chi connectivity index (χ4v) is 4.40. The number of rotatable bonds is 6. The number of carbonyl (C=O) groups is 6. The first kappa shape index (κ1) is 37.7. The van der Waals surface area contributed by atoms with E-state index in [9.17, 15) is 59.4 Å². The first-order valence-corrected chi connectivity index (χ1v) is 14.0. The molecule has 19 heteroatoms. The van der Waals surface area contributed by atoms with Crippen molar-refractivity contribution in [2.24, 2.45) is 0 Å². The summed E-state index contributed by atoms with van der Waals surface area (Å²) in [6, 6.07) is 5.37. The van der Waals surface area contributed by atoms with Crippen molar-refractivity contribution >= 4 is 35.6 Å². The third-order valence-corrected chi connectivity index (χ3v) is 7.02. The van der Waals surface area contributed by atoms with Gasteiger partial charge in [-0.2, -0.15) is 0 Å². The number of amides is 3. The molecule has 3 aromatic carbocycles. The summed E-state index contributed by atoms with van der Waals surface area (Å²) in [5.41, 5.74) is -1.27. The molecule has 0 unspecified atom stereocenters. The summed E-state index contributed by atoms with van der Waals surface area (Å²) in [5.74, 6) is -11.0. The van der Waals surface area contributed by atoms with Gasteiger partial charge in [0.25, 0.3) is 0 Å². The topological polar surface area (TPSA) is 301 Å². The number of hydrogen-bond acceptors (Lipinski definition) is 15. The van der Waals surface area contributed by atoms with Crippen molar-refractivity contribution in [3.8, 4) is 34.5 Å². The summed E-state index contributed by atoms with van der Waals surface area (Å²) in [4.78, 5) is 78.2. The molecular formula is C30H30FeN3O15+3. The number of primary amides is 3. The molecule has 18 nitrogen and oxygen atoms in total. The molecule has 4 rings (SSSR count). The van der Waals surface area contributed by atoms with Crippen molar-refractivity contribution in [2.45, 2.75) is 18.1 Å². The van der Waals surface area contributed by atoms with Crippen LogP contribution in [0.2, 0.25) is 0 Å². The Balaban J connectivity index is 0.00000650. The van der Waals surface area contributed by atoms with Crippen molar-refractivity contribution in [2.75, 3.05) is 19.8 Å². The van der Waals surface area contributed by atoms with Crippen molar-refractivity contribution < 1.29 is 107 Å². The quantitative estimate of drug-likeness (QED) is 0.0509. The molecule has 0 aliphatic carbocycles. The molecule has 0 saturated carbocycles. The predicted molar refractivity (Wildman–Crippen MR) is 152 cm³/mol. The van der Waals surface area contributed by atoms with Crippen LogP contribution in [0, 0.1) is 0 Å². The van der Waals surface area contributed by atoms with Gasteiger partial charge in [-0.25, -0.2) is 28.8 Å². The Bertz CT molecular complexity index is 1580. The smallest absolute Gasteiger partial charge is 0.369 e. The normalized spacial score (nSPS) is 18.4. The molecule has 1 saturated heterocycles. The van der Waals surface area contributed by atoms with Crippen LogP contribution in [0.15, 0.2) is 54.6 Å². The Morgan fingerprint density at radius 3 is 0.980 bits per heavy atom. The number of benzene rings is 3. The van der Waals surface area contributed by atoms with Gasteiger partial charge in [0.05, 0.1) is 0 Å². The zero-order valence-corrected chi connectivity index (χ0v) is 26.1. The van der Waals surface area contributed by atoms with Gasteiger partial charge < -0.3 is 44.8 Å². The van der Waals surface area contributed by atoms with Crippen molar-refractivity contribution in [3.05, 3.63) is 71.3 Å². The SMILES string of the molecule is O=C([NH2+][C@H]1COC(=O)[C@@H]([NH2+]C(=O)c2cccc(O)c2O)COC(=O)[C@@H]([NH2+]C(=O)c2cccc(O)c2O)COC1=O)c1cccc(O)c1O.[Fe]. The van der Waals surface area contributed by atoms with E-state index in [1.807, 2.05) is 0 Å². The average Bonchev–Trinajstić information content (AvgIpc) is 3.05. The van der Waals surface area contributed by atoms with Gasteiger partial charge in [0.2, 0.25) is 18.1 Å². The molecule has 0 bridgehead atoms. The first-order valence-electron chi connectivity index (χ1n) is 14.0. The van der Waals surface area contributed by atoms with Crippen LogP contribution in [0.3, 0.4) is 0 Å². The zero-order chi connectivity index (χ0) is 35.1. The number of esters is 3. The van der Waals surface area contributed by atoms with Crippen molar-refractivity contribution in [1.82, 2.24) is 0 Å². The number of nitrogens with two attached hydrogens (primary N) is 3. The van der Waals surface area contributed by atoms with Crippen LogP contribution < -0.4 is 16.0 Å². The molecule has 3 atom stereocenters. The second kappa shape index (κ2) is 16.4. The Morgan fingerprint density at radius 2 is 0.735 bits per heavy atom. The largest absolute Gasteiger partial charge is 0.504 e. The summed E-state index contributed by atoms with van der Waals surface area (Å²) in [6.07, 6.45) is 0. The zero-order valence-electron chi connectivity index (χ0n) is 25.0. The second-order valence-electron chi connectivity index (χ2n) is 10.3. The van der Waals surface area contributed by atoms with Gasteiger partial charge in [0.15, 0.2) is 54.3 Å². The van der Waals surface area contributed by atoms with Crippen molar-refractivity contribution in [3.63, 3.8) is 0 Å². The van der Waals surface area contributed by atoms with Crippen LogP contribution in [0.4, 0.5) is 0 Å². The number of quaternary nitrogens is 3. The molecule has 260 valence electrons. The number of cyclic esters (lactones) is 3. The first-order chi connectivity index (χ1) is 22.8. The number of hydrogen-bond donors (Lipinski definition) is 9. The molecule has 3 aromatic rings. The van der Waals surface area contributed by atoms with Gasteiger partial charge in [-0.1, -0.05) is 18.2 Å². The third kappa shape index (κ3) is 9.00. The Morgan fingerprint density at radius 1 is 0.490 bits per heavy atom. The van der Waals surface area contributed by atoms with E-state index >= 15 is 0 Å². The maximum absolute atomic E-state index is 13.1. The molecule has 0 radical (unpaired) electrons.